The zero-order valence-electron chi connectivity index (χ0n) is 11.2. The van der Waals surface area contributed by atoms with Crippen molar-refractivity contribution in [1.29, 1.82) is 0 Å². The van der Waals surface area contributed by atoms with Crippen LogP contribution in [0.25, 0.3) is 0 Å². The molecule has 2 atom stereocenters. The van der Waals surface area contributed by atoms with E-state index in [0.29, 0.717) is 0 Å². The summed E-state index contributed by atoms with van der Waals surface area (Å²) in [5, 5.41) is 13.3. The van der Waals surface area contributed by atoms with Gasteiger partial charge in [-0.3, -0.25) is 4.90 Å². The molecule has 2 fully saturated rings. The molecule has 4 nitrogen and oxygen atoms in total. The molecule has 2 heterocycles. The van der Waals surface area contributed by atoms with E-state index in [2.05, 4.69) is 24.1 Å². The Morgan fingerprint density at radius 1 is 1.35 bits per heavy atom. The molecule has 0 saturated carbocycles. The number of hydrogen-bond acceptors (Lipinski definition) is 4. The monoisotopic (exact) mass is 242 g/mol. The molecule has 0 bridgehead atoms. The van der Waals surface area contributed by atoms with Gasteiger partial charge in [-0.1, -0.05) is 6.92 Å². The molecule has 0 aromatic heterocycles. The van der Waals surface area contributed by atoms with E-state index >= 15 is 0 Å². The van der Waals surface area contributed by atoms with Crippen molar-refractivity contribution >= 4 is 0 Å². The third kappa shape index (κ3) is 2.65. The highest BCUT2D eigenvalue weighted by Crippen LogP contribution is 2.38. The number of hydrogen-bond donors (Lipinski definition) is 2. The summed E-state index contributed by atoms with van der Waals surface area (Å²) in [6, 6.07) is 0. The predicted octanol–water partition coefficient (Wildman–Crippen LogP) is 0.602. The fourth-order valence-corrected chi connectivity index (χ4v) is 3.19. The molecule has 0 radical (unpaired) electrons. The van der Waals surface area contributed by atoms with Crippen LogP contribution in [0, 0.1) is 0 Å². The maximum absolute atomic E-state index is 9.90. The third-order valence-corrected chi connectivity index (χ3v) is 4.55. The number of aliphatic hydroxyl groups is 1. The van der Waals surface area contributed by atoms with Crippen LogP contribution < -0.4 is 5.32 Å². The summed E-state index contributed by atoms with van der Waals surface area (Å²) in [5.41, 5.74) is -0.114. The number of piperazine rings is 1. The molecule has 0 aromatic rings. The molecule has 2 aliphatic heterocycles. The van der Waals surface area contributed by atoms with E-state index in [1.165, 1.54) is 0 Å². The van der Waals surface area contributed by atoms with Crippen molar-refractivity contribution in [3.8, 4) is 0 Å². The van der Waals surface area contributed by atoms with Gasteiger partial charge in [0.05, 0.1) is 12.2 Å². The Kier molecular flexibility index (Phi) is 4.08. The smallest absolute Gasteiger partial charge is 0.0670 e. The molecule has 2 saturated heterocycles. The Morgan fingerprint density at radius 2 is 2.06 bits per heavy atom. The van der Waals surface area contributed by atoms with Crippen molar-refractivity contribution in [1.82, 2.24) is 10.2 Å². The molecule has 0 aliphatic carbocycles. The van der Waals surface area contributed by atoms with Crippen LogP contribution in [0.5, 0.6) is 0 Å². The van der Waals surface area contributed by atoms with Gasteiger partial charge in [0.2, 0.25) is 0 Å². The summed E-state index contributed by atoms with van der Waals surface area (Å²) in [7, 11) is 0. The number of aliphatic hydroxyl groups excluding tert-OH is 1. The normalized spacial score (nSPS) is 40.4. The van der Waals surface area contributed by atoms with Gasteiger partial charge in [0.25, 0.3) is 0 Å². The summed E-state index contributed by atoms with van der Waals surface area (Å²) in [6.45, 7) is 9.53. The molecule has 2 N–H and O–H groups in total. The summed E-state index contributed by atoms with van der Waals surface area (Å²) in [5.74, 6) is 0. The number of rotatable bonds is 3. The van der Waals surface area contributed by atoms with E-state index in [1.807, 2.05) is 0 Å². The fourth-order valence-electron chi connectivity index (χ4n) is 3.19. The molecule has 0 spiro atoms. The van der Waals surface area contributed by atoms with Crippen molar-refractivity contribution in [2.24, 2.45) is 0 Å². The highest BCUT2D eigenvalue weighted by atomic mass is 16.5. The molecule has 4 heteroatoms. The maximum Gasteiger partial charge on any atom is 0.0670 e. The van der Waals surface area contributed by atoms with Crippen LogP contribution in [-0.4, -0.2) is 60.5 Å². The first kappa shape index (κ1) is 13.3. The van der Waals surface area contributed by atoms with Gasteiger partial charge in [0.1, 0.15) is 0 Å². The summed E-state index contributed by atoms with van der Waals surface area (Å²) < 4.78 is 5.91. The topological polar surface area (TPSA) is 44.7 Å². The molecule has 2 rings (SSSR count). The lowest BCUT2D eigenvalue weighted by atomic mass is 9.78. The second-order valence-corrected chi connectivity index (χ2v) is 5.70. The zero-order valence-corrected chi connectivity index (χ0v) is 11.2. The van der Waals surface area contributed by atoms with Gasteiger partial charge >= 0.3 is 0 Å². The van der Waals surface area contributed by atoms with Gasteiger partial charge in [-0.15, -0.1) is 0 Å². The Morgan fingerprint density at radius 3 is 2.65 bits per heavy atom. The fraction of sp³-hybridized carbons (Fsp3) is 1.00. The number of ether oxygens (including phenoxy) is 1. The van der Waals surface area contributed by atoms with Crippen LogP contribution in [-0.2, 0) is 4.74 Å². The second kappa shape index (κ2) is 5.22. The van der Waals surface area contributed by atoms with Crippen LogP contribution in [0.3, 0.4) is 0 Å². The first-order valence-electron chi connectivity index (χ1n) is 6.85. The van der Waals surface area contributed by atoms with Gasteiger partial charge in [0.15, 0.2) is 0 Å². The van der Waals surface area contributed by atoms with Gasteiger partial charge in [-0.2, -0.15) is 0 Å². The highest BCUT2D eigenvalue weighted by molar-refractivity contribution is 5.00. The Bertz CT molecular complexity index is 256. The summed E-state index contributed by atoms with van der Waals surface area (Å²) >= 11 is 0. The Hall–Kier alpha value is -0.160. The first-order chi connectivity index (χ1) is 8.14. The quantitative estimate of drug-likeness (QED) is 0.761. The predicted molar refractivity (Wildman–Crippen MR) is 68.1 cm³/mol. The van der Waals surface area contributed by atoms with Crippen molar-refractivity contribution in [2.45, 2.75) is 44.2 Å². The minimum atomic E-state index is -0.0636. The van der Waals surface area contributed by atoms with E-state index in [4.69, 9.17) is 4.74 Å². The van der Waals surface area contributed by atoms with Crippen molar-refractivity contribution in [3.63, 3.8) is 0 Å². The molecular weight excluding hydrogens is 216 g/mol. The van der Waals surface area contributed by atoms with Crippen LogP contribution >= 0.6 is 0 Å². The summed E-state index contributed by atoms with van der Waals surface area (Å²) in [6.07, 6.45) is 2.92. The van der Waals surface area contributed by atoms with Crippen LogP contribution in [0.2, 0.25) is 0 Å². The van der Waals surface area contributed by atoms with Gasteiger partial charge in [-0.25, -0.2) is 0 Å². The molecule has 2 unspecified atom stereocenters. The van der Waals surface area contributed by atoms with Gasteiger partial charge in [0, 0.05) is 38.3 Å². The van der Waals surface area contributed by atoms with Crippen molar-refractivity contribution < 1.29 is 9.84 Å². The van der Waals surface area contributed by atoms with Crippen molar-refractivity contribution in [2.75, 3.05) is 39.4 Å². The van der Waals surface area contributed by atoms with E-state index in [0.717, 1.165) is 52.0 Å². The van der Waals surface area contributed by atoms with E-state index in [1.54, 1.807) is 0 Å². The van der Waals surface area contributed by atoms with Crippen LogP contribution in [0.15, 0.2) is 0 Å². The Balaban J connectivity index is 2.12. The maximum atomic E-state index is 9.90. The third-order valence-electron chi connectivity index (χ3n) is 4.55. The molecule has 17 heavy (non-hydrogen) atoms. The largest absolute Gasteiger partial charge is 0.394 e. The van der Waals surface area contributed by atoms with Crippen molar-refractivity contribution in [3.05, 3.63) is 0 Å². The molecule has 100 valence electrons. The average molecular weight is 242 g/mol. The second-order valence-electron chi connectivity index (χ2n) is 5.70. The molecule has 0 amide bonds. The minimum absolute atomic E-state index is 0.0505. The summed E-state index contributed by atoms with van der Waals surface area (Å²) in [4.78, 5) is 2.47. The highest BCUT2D eigenvalue weighted by Gasteiger charge is 2.45. The van der Waals surface area contributed by atoms with E-state index < -0.39 is 0 Å². The first-order valence-corrected chi connectivity index (χ1v) is 6.85. The number of nitrogens with one attached hydrogen (secondary N) is 1. The average Bonchev–Trinajstić information content (AvgIpc) is 2.40. The standard InChI is InChI=1S/C13H26N2O2/c1-3-12(2)10-13(11-16,4-9-17-12)15-7-5-14-6-8-15/h14,16H,3-11H2,1-2H3. The molecule has 2 aliphatic rings. The Labute approximate surface area is 104 Å². The lowest BCUT2D eigenvalue weighted by Gasteiger charge is -2.52. The number of nitrogens with zero attached hydrogens (tertiary/aromatic N) is 1. The minimum Gasteiger partial charge on any atom is -0.394 e. The lowest BCUT2D eigenvalue weighted by Crippen LogP contribution is -2.63. The van der Waals surface area contributed by atoms with Gasteiger partial charge < -0.3 is 15.2 Å². The van der Waals surface area contributed by atoms with E-state index in [-0.39, 0.29) is 17.7 Å². The molecule has 0 aromatic carbocycles. The van der Waals surface area contributed by atoms with E-state index in [9.17, 15) is 5.11 Å². The van der Waals surface area contributed by atoms with Crippen LogP contribution in [0.4, 0.5) is 0 Å². The lowest BCUT2D eigenvalue weighted by molar-refractivity contribution is -0.145. The van der Waals surface area contributed by atoms with Crippen LogP contribution in [0.1, 0.15) is 33.1 Å². The van der Waals surface area contributed by atoms with Gasteiger partial charge in [-0.05, 0) is 26.2 Å². The SMILES string of the molecule is CCC1(C)CC(CO)(N2CCNCC2)CCO1. The zero-order chi connectivity index (χ0) is 12.4. The molecular formula is C13H26N2O2.